The minimum atomic E-state index is -1.58. The highest BCUT2D eigenvalue weighted by Gasteiger charge is 2.62. The number of hydrogen-bond donors (Lipinski definition) is 0. The standard InChI is InChI=1S/C16H17NO7/c1-9-6-7-16(13(18)23-15(2,3)24-14(16)19)10(8-9)11-4-5-12(22-11)17(20)21/h4-6,10H,7-8H2,1-3H3. The number of allylic oxidation sites excluding steroid dienone is 2. The molecule has 24 heavy (non-hydrogen) atoms. The molecule has 1 atom stereocenters. The van der Waals surface area contributed by atoms with Crippen LogP contribution >= 0.6 is 0 Å². The van der Waals surface area contributed by atoms with Crippen LogP contribution in [0.4, 0.5) is 5.88 Å². The van der Waals surface area contributed by atoms with Crippen LogP contribution in [0.2, 0.25) is 0 Å². The molecule has 0 amide bonds. The van der Waals surface area contributed by atoms with Gasteiger partial charge in [0.05, 0.1) is 6.07 Å². The number of esters is 2. The minimum absolute atomic E-state index is 0.103. The summed E-state index contributed by atoms with van der Waals surface area (Å²) in [6.07, 6.45) is 2.23. The fourth-order valence-corrected chi connectivity index (χ4v) is 3.21. The second kappa shape index (κ2) is 5.19. The van der Waals surface area contributed by atoms with E-state index in [2.05, 4.69) is 0 Å². The predicted octanol–water partition coefficient (Wildman–Crippen LogP) is 2.83. The van der Waals surface area contributed by atoms with Crippen molar-refractivity contribution in [2.45, 2.75) is 45.3 Å². The first kappa shape index (κ1) is 16.2. The Labute approximate surface area is 137 Å². The van der Waals surface area contributed by atoms with Gasteiger partial charge in [-0.05, 0) is 25.8 Å². The first-order valence-corrected chi connectivity index (χ1v) is 7.52. The van der Waals surface area contributed by atoms with Gasteiger partial charge < -0.3 is 13.9 Å². The van der Waals surface area contributed by atoms with Crippen molar-refractivity contribution >= 4 is 17.8 Å². The monoisotopic (exact) mass is 335 g/mol. The minimum Gasteiger partial charge on any atom is -0.422 e. The largest absolute Gasteiger partial charge is 0.433 e. The summed E-state index contributed by atoms with van der Waals surface area (Å²) < 4.78 is 15.9. The van der Waals surface area contributed by atoms with Crippen LogP contribution in [0.3, 0.4) is 0 Å². The number of carbonyl (C=O) groups excluding carboxylic acids is 2. The molecule has 1 saturated heterocycles. The van der Waals surface area contributed by atoms with Gasteiger partial charge >= 0.3 is 17.8 Å². The molecule has 2 aliphatic rings. The molecule has 0 bridgehead atoms. The van der Waals surface area contributed by atoms with Crippen molar-refractivity contribution in [3.8, 4) is 0 Å². The van der Waals surface area contributed by atoms with Gasteiger partial charge in [-0.2, -0.15) is 0 Å². The van der Waals surface area contributed by atoms with Crippen molar-refractivity contribution in [2.75, 3.05) is 0 Å². The van der Waals surface area contributed by atoms with Crippen molar-refractivity contribution in [2.24, 2.45) is 5.41 Å². The smallest absolute Gasteiger partial charge is 0.422 e. The third-order valence-corrected chi connectivity index (χ3v) is 4.43. The van der Waals surface area contributed by atoms with Crippen LogP contribution in [0.5, 0.6) is 0 Å². The summed E-state index contributed by atoms with van der Waals surface area (Å²) in [6.45, 7) is 4.82. The molecule has 8 heteroatoms. The Morgan fingerprint density at radius 1 is 1.21 bits per heavy atom. The molecule has 1 aliphatic heterocycles. The van der Waals surface area contributed by atoms with Crippen molar-refractivity contribution < 1.29 is 28.4 Å². The summed E-state index contributed by atoms with van der Waals surface area (Å²) in [5.41, 5.74) is -0.629. The SMILES string of the molecule is CC1=CCC2(C(=O)OC(C)(C)OC2=O)C(c2ccc([N+](=O)[O-])o2)C1. The van der Waals surface area contributed by atoms with Gasteiger partial charge in [-0.25, -0.2) is 0 Å². The van der Waals surface area contributed by atoms with E-state index in [-0.39, 0.29) is 12.2 Å². The highest BCUT2D eigenvalue weighted by atomic mass is 16.7. The van der Waals surface area contributed by atoms with Gasteiger partial charge in [0, 0.05) is 19.8 Å². The number of ether oxygens (including phenoxy) is 2. The zero-order chi connectivity index (χ0) is 17.7. The summed E-state index contributed by atoms with van der Waals surface area (Å²) in [5, 5.41) is 10.9. The van der Waals surface area contributed by atoms with Crippen LogP contribution in [0.1, 0.15) is 45.3 Å². The third-order valence-electron chi connectivity index (χ3n) is 4.43. The van der Waals surface area contributed by atoms with E-state index in [1.807, 2.05) is 6.92 Å². The van der Waals surface area contributed by atoms with Crippen molar-refractivity contribution in [1.29, 1.82) is 0 Å². The van der Waals surface area contributed by atoms with E-state index in [9.17, 15) is 19.7 Å². The number of furan rings is 1. The molecule has 1 fully saturated rings. The second-order valence-electron chi connectivity index (χ2n) is 6.59. The molecule has 1 aliphatic carbocycles. The normalized spacial score (nSPS) is 25.0. The number of hydrogen-bond acceptors (Lipinski definition) is 7. The Hall–Kier alpha value is -2.64. The average molecular weight is 335 g/mol. The van der Waals surface area contributed by atoms with E-state index in [1.165, 1.54) is 26.0 Å². The Bertz CT molecular complexity index is 738. The molecular formula is C16H17NO7. The van der Waals surface area contributed by atoms with Gasteiger partial charge in [0.1, 0.15) is 10.7 Å². The Morgan fingerprint density at radius 2 is 1.83 bits per heavy atom. The number of rotatable bonds is 2. The molecule has 128 valence electrons. The predicted molar refractivity (Wildman–Crippen MR) is 79.8 cm³/mol. The van der Waals surface area contributed by atoms with E-state index >= 15 is 0 Å². The van der Waals surface area contributed by atoms with Crippen molar-refractivity contribution in [1.82, 2.24) is 0 Å². The number of carbonyl (C=O) groups is 2. The molecule has 0 saturated carbocycles. The maximum absolute atomic E-state index is 12.7. The Kier molecular flexibility index (Phi) is 3.51. The van der Waals surface area contributed by atoms with E-state index in [0.717, 1.165) is 5.57 Å². The molecule has 3 rings (SSSR count). The van der Waals surface area contributed by atoms with Gasteiger partial charge in [-0.15, -0.1) is 0 Å². The summed E-state index contributed by atoms with van der Waals surface area (Å²) in [6, 6.07) is 2.63. The zero-order valence-corrected chi connectivity index (χ0v) is 13.5. The van der Waals surface area contributed by atoms with E-state index < -0.39 is 39.9 Å². The molecule has 1 unspecified atom stereocenters. The Morgan fingerprint density at radius 3 is 2.38 bits per heavy atom. The maximum atomic E-state index is 12.7. The first-order chi connectivity index (χ1) is 11.2. The molecule has 1 spiro atoms. The van der Waals surface area contributed by atoms with Gasteiger partial charge in [-0.3, -0.25) is 19.7 Å². The van der Waals surface area contributed by atoms with Gasteiger partial charge in [0.25, 0.3) is 5.79 Å². The number of nitrogens with zero attached hydrogens (tertiary/aromatic N) is 1. The average Bonchev–Trinajstić information content (AvgIpc) is 2.94. The summed E-state index contributed by atoms with van der Waals surface area (Å²) in [5.74, 6) is -3.69. The third kappa shape index (κ3) is 2.38. The second-order valence-corrected chi connectivity index (χ2v) is 6.59. The molecule has 1 aromatic rings. The van der Waals surface area contributed by atoms with Crippen LogP contribution in [0.15, 0.2) is 28.2 Å². The van der Waals surface area contributed by atoms with Gasteiger partial charge in [0.15, 0.2) is 5.41 Å². The topological polar surface area (TPSA) is 109 Å². The summed E-state index contributed by atoms with van der Waals surface area (Å²) in [4.78, 5) is 35.6. The van der Waals surface area contributed by atoms with Crippen LogP contribution in [0, 0.1) is 15.5 Å². The molecular weight excluding hydrogens is 318 g/mol. The lowest BCUT2D eigenvalue weighted by Crippen LogP contribution is -2.57. The summed E-state index contributed by atoms with van der Waals surface area (Å²) in [7, 11) is 0. The first-order valence-electron chi connectivity index (χ1n) is 7.52. The fourth-order valence-electron chi connectivity index (χ4n) is 3.21. The van der Waals surface area contributed by atoms with Crippen molar-refractivity contribution in [3.05, 3.63) is 39.7 Å². The lowest BCUT2D eigenvalue weighted by Gasteiger charge is -2.44. The Balaban J connectivity index is 2.08. The molecule has 2 heterocycles. The zero-order valence-electron chi connectivity index (χ0n) is 13.5. The van der Waals surface area contributed by atoms with Crippen LogP contribution in [0.25, 0.3) is 0 Å². The lowest BCUT2D eigenvalue weighted by molar-refractivity contribution is -0.402. The molecule has 0 aromatic carbocycles. The van der Waals surface area contributed by atoms with Crippen LogP contribution in [-0.2, 0) is 19.1 Å². The van der Waals surface area contributed by atoms with Gasteiger partial charge in [-0.1, -0.05) is 11.6 Å². The number of nitro groups is 1. The molecule has 8 nitrogen and oxygen atoms in total. The highest BCUT2D eigenvalue weighted by Crippen LogP contribution is 2.52. The van der Waals surface area contributed by atoms with E-state index in [0.29, 0.717) is 6.42 Å². The quantitative estimate of drug-likeness (QED) is 0.269. The fraction of sp³-hybridized carbons (Fsp3) is 0.500. The summed E-state index contributed by atoms with van der Waals surface area (Å²) >= 11 is 0. The lowest BCUT2D eigenvalue weighted by atomic mass is 9.65. The van der Waals surface area contributed by atoms with Crippen LogP contribution in [-0.4, -0.2) is 22.6 Å². The molecule has 0 N–H and O–H groups in total. The van der Waals surface area contributed by atoms with Crippen LogP contribution < -0.4 is 0 Å². The van der Waals surface area contributed by atoms with E-state index in [1.54, 1.807) is 6.08 Å². The van der Waals surface area contributed by atoms with E-state index in [4.69, 9.17) is 13.9 Å². The maximum Gasteiger partial charge on any atom is 0.433 e. The molecule has 0 radical (unpaired) electrons. The van der Waals surface area contributed by atoms with Crippen molar-refractivity contribution in [3.63, 3.8) is 0 Å². The number of cyclic esters (lactones) is 2. The van der Waals surface area contributed by atoms with Gasteiger partial charge in [0.2, 0.25) is 0 Å². The highest BCUT2D eigenvalue weighted by molar-refractivity contribution is 6.03. The molecule has 1 aromatic heterocycles.